The SMILES string of the molecule is CCC1(C)CCC(C(=O)O)=C(NC(=O)CCc2nc(-c3ccc(O)cn3)no2)C1. The molecular weight excluding hydrogens is 376 g/mol. The van der Waals surface area contributed by atoms with Crippen molar-refractivity contribution < 1.29 is 24.3 Å². The van der Waals surface area contributed by atoms with Gasteiger partial charge in [-0.3, -0.25) is 4.79 Å². The minimum absolute atomic E-state index is 0.0138. The van der Waals surface area contributed by atoms with Crippen LogP contribution >= 0.6 is 0 Å². The Labute approximate surface area is 167 Å². The van der Waals surface area contributed by atoms with Gasteiger partial charge in [0, 0.05) is 18.5 Å². The van der Waals surface area contributed by atoms with Gasteiger partial charge in [-0.05, 0) is 36.8 Å². The molecule has 0 aromatic carbocycles. The molecule has 0 aliphatic heterocycles. The number of aryl methyl sites for hydroxylation is 1. The summed E-state index contributed by atoms with van der Waals surface area (Å²) in [7, 11) is 0. The van der Waals surface area contributed by atoms with Gasteiger partial charge in [0.25, 0.3) is 0 Å². The van der Waals surface area contributed by atoms with Crippen molar-refractivity contribution in [2.75, 3.05) is 0 Å². The van der Waals surface area contributed by atoms with E-state index in [1.807, 2.05) is 0 Å². The highest BCUT2D eigenvalue weighted by atomic mass is 16.5. The second-order valence-electron chi connectivity index (χ2n) is 7.56. The summed E-state index contributed by atoms with van der Waals surface area (Å²) in [5.41, 5.74) is 1.21. The fraction of sp³-hybridized carbons (Fsp3) is 0.450. The molecule has 2 aromatic heterocycles. The maximum atomic E-state index is 12.4. The van der Waals surface area contributed by atoms with Crippen molar-refractivity contribution in [3.05, 3.63) is 35.5 Å². The quantitative estimate of drug-likeness (QED) is 0.645. The highest BCUT2D eigenvalue weighted by molar-refractivity contribution is 5.89. The Balaban J connectivity index is 1.62. The average molecular weight is 400 g/mol. The molecule has 1 amide bonds. The molecule has 1 atom stereocenters. The predicted octanol–water partition coefficient (Wildman–Crippen LogP) is 2.82. The van der Waals surface area contributed by atoms with Gasteiger partial charge in [0.15, 0.2) is 0 Å². The van der Waals surface area contributed by atoms with E-state index in [4.69, 9.17) is 4.52 Å². The molecule has 0 saturated carbocycles. The van der Waals surface area contributed by atoms with Gasteiger partial charge in [-0.1, -0.05) is 25.4 Å². The summed E-state index contributed by atoms with van der Waals surface area (Å²) in [6, 6.07) is 3.03. The highest BCUT2D eigenvalue weighted by Crippen LogP contribution is 2.40. The molecule has 0 bridgehead atoms. The zero-order chi connectivity index (χ0) is 21.0. The largest absolute Gasteiger partial charge is 0.506 e. The normalized spacial score (nSPS) is 19.2. The highest BCUT2D eigenvalue weighted by Gasteiger charge is 2.32. The van der Waals surface area contributed by atoms with Crippen molar-refractivity contribution in [1.29, 1.82) is 0 Å². The van der Waals surface area contributed by atoms with Crippen molar-refractivity contribution in [3.63, 3.8) is 0 Å². The molecule has 9 nitrogen and oxygen atoms in total. The number of carboxylic acids is 1. The molecule has 154 valence electrons. The molecule has 3 N–H and O–H groups in total. The lowest BCUT2D eigenvalue weighted by molar-refractivity contribution is -0.133. The van der Waals surface area contributed by atoms with Gasteiger partial charge >= 0.3 is 5.97 Å². The maximum Gasteiger partial charge on any atom is 0.333 e. The Morgan fingerprint density at radius 3 is 2.79 bits per heavy atom. The number of carbonyl (C=O) groups excluding carboxylic acids is 1. The standard InChI is InChI=1S/C20H24N4O5/c1-3-20(2)9-8-13(19(27)28)15(10-20)22-16(26)6-7-17-23-18(24-29-17)14-5-4-12(25)11-21-14/h4-5,11,25H,3,6-10H2,1-2H3,(H,22,26)(H,27,28). The summed E-state index contributed by atoms with van der Waals surface area (Å²) < 4.78 is 5.15. The number of hydrogen-bond donors (Lipinski definition) is 3. The topological polar surface area (TPSA) is 138 Å². The number of carbonyl (C=O) groups is 2. The number of aliphatic carboxylic acids is 1. The number of hydrogen-bond acceptors (Lipinski definition) is 7. The van der Waals surface area contributed by atoms with E-state index in [1.165, 1.54) is 12.3 Å². The third-order valence-corrected chi connectivity index (χ3v) is 5.36. The molecule has 0 spiro atoms. The van der Waals surface area contributed by atoms with Crippen molar-refractivity contribution >= 4 is 11.9 Å². The van der Waals surface area contributed by atoms with Crippen LogP contribution in [-0.2, 0) is 16.0 Å². The third-order valence-electron chi connectivity index (χ3n) is 5.36. The first-order valence-corrected chi connectivity index (χ1v) is 9.53. The first-order chi connectivity index (χ1) is 13.8. The van der Waals surface area contributed by atoms with Crippen LogP contribution in [0.15, 0.2) is 34.1 Å². The number of nitrogens with one attached hydrogen (secondary N) is 1. The van der Waals surface area contributed by atoms with E-state index in [0.717, 1.165) is 12.8 Å². The van der Waals surface area contributed by atoms with Gasteiger partial charge in [0.1, 0.15) is 11.4 Å². The van der Waals surface area contributed by atoms with Crippen LogP contribution < -0.4 is 5.32 Å². The molecule has 29 heavy (non-hydrogen) atoms. The predicted molar refractivity (Wildman–Crippen MR) is 103 cm³/mol. The van der Waals surface area contributed by atoms with Gasteiger partial charge in [-0.2, -0.15) is 4.98 Å². The number of aromatic nitrogens is 3. The molecule has 2 aromatic rings. The lowest BCUT2D eigenvalue weighted by atomic mass is 9.73. The molecular formula is C20H24N4O5. The van der Waals surface area contributed by atoms with Gasteiger partial charge in [0.2, 0.25) is 17.6 Å². The number of nitrogens with zero attached hydrogens (tertiary/aromatic N) is 3. The minimum Gasteiger partial charge on any atom is -0.506 e. The van der Waals surface area contributed by atoms with E-state index in [1.54, 1.807) is 6.07 Å². The summed E-state index contributed by atoms with van der Waals surface area (Å²) in [5, 5.41) is 25.3. The van der Waals surface area contributed by atoms with Crippen LogP contribution in [0.3, 0.4) is 0 Å². The summed E-state index contributed by atoms with van der Waals surface area (Å²) in [6.45, 7) is 4.18. The van der Waals surface area contributed by atoms with E-state index >= 15 is 0 Å². The van der Waals surface area contributed by atoms with Crippen LogP contribution in [0.25, 0.3) is 11.5 Å². The number of allylic oxidation sites excluding steroid dienone is 1. The second kappa shape index (κ2) is 8.42. The number of pyridine rings is 1. The summed E-state index contributed by atoms with van der Waals surface area (Å²) in [5.74, 6) is -0.698. The molecule has 3 rings (SSSR count). The molecule has 1 aliphatic rings. The second-order valence-corrected chi connectivity index (χ2v) is 7.56. The Bertz CT molecular complexity index is 935. The first kappa shape index (κ1) is 20.5. The van der Waals surface area contributed by atoms with Crippen LogP contribution in [0, 0.1) is 5.41 Å². The van der Waals surface area contributed by atoms with Crippen LogP contribution in [0.1, 0.15) is 51.8 Å². The Hall–Kier alpha value is -3.23. The zero-order valence-corrected chi connectivity index (χ0v) is 16.4. The van der Waals surface area contributed by atoms with E-state index in [2.05, 4.69) is 34.3 Å². The number of aromatic hydroxyl groups is 1. The number of amides is 1. The minimum atomic E-state index is -0.985. The Morgan fingerprint density at radius 1 is 1.34 bits per heavy atom. The van der Waals surface area contributed by atoms with Gasteiger partial charge < -0.3 is 20.1 Å². The lowest BCUT2D eigenvalue weighted by Gasteiger charge is -2.34. The summed E-state index contributed by atoms with van der Waals surface area (Å²) >= 11 is 0. The van der Waals surface area contributed by atoms with E-state index in [0.29, 0.717) is 24.2 Å². The fourth-order valence-electron chi connectivity index (χ4n) is 3.29. The molecule has 1 unspecified atom stereocenters. The fourth-order valence-corrected chi connectivity index (χ4v) is 3.29. The first-order valence-electron chi connectivity index (χ1n) is 9.53. The molecule has 0 saturated heterocycles. The van der Waals surface area contributed by atoms with Crippen LogP contribution in [0.4, 0.5) is 0 Å². The molecule has 0 fully saturated rings. The van der Waals surface area contributed by atoms with Crippen LogP contribution in [-0.4, -0.2) is 37.2 Å². The monoisotopic (exact) mass is 400 g/mol. The zero-order valence-electron chi connectivity index (χ0n) is 16.4. The van der Waals surface area contributed by atoms with Crippen molar-refractivity contribution in [1.82, 2.24) is 20.4 Å². The molecule has 2 heterocycles. The third kappa shape index (κ3) is 4.98. The average Bonchev–Trinajstić information content (AvgIpc) is 3.16. The smallest absolute Gasteiger partial charge is 0.333 e. The van der Waals surface area contributed by atoms with Crippen molar-refractivity contribution in [2.45, 2.75) is 52.4 Å². The summed E-state index contributed by atoms with van der Waals surface area (Å²) in [6.07, 6.45) is 4.27. The Kier molecular flexibility index (Phi) is 5.95. The molecule has 1 aliphatic carbocycles. The molecule has 0 radical (unpaired) electrons. The lowest BCUT2D eigenvalue weighted by Crippen LogP contribution is -2.33. The van der Waals surface area contributed by atoms with Crippen molar-refractivity contribution in [2.24, 2.45) is 5.41 Å². The molecule has 9 heteroatoms. The van der Waals surface area contributed by atoms with E-state index < -0.39 is 5.97 Å². The van der Waals surface area contributed by atoms with E-state index in [-0.39, 0.29) is 47.2 Å². The van der Waals surface area contributed by atoms with Gasteiger partial charge in [0.05, 0.1) is 11.8 Å². The number of carboxylic acid groups (broad SMARTS) is 1. The summed E-state index contributed by atoms with van der Waals surface area (Å²) in [4.78, 5) is 32.1. The van der Waals surface area contributed by atoms with Crippen molar-refractivity contribution in [3.8, 4) is 17.3 Å². The van der Waals surface area contributed by atoms with Crippen LogP contribution in [0.5, 0.6) is 5.75 Å². The maximum absolute atomic E-state index is 12.4. The Morgan fingerprint density at radius 2 is 2.14 bits per heavy atom. The van der Waals surface area contributed by atoms with E-state index in [9.17, 15) is 19.8 Å². The van der Waals surface area contributed by atoms with Crippen LogP contribution in [0.2, 0.25) is 0 Å². The van der Waals surface area contributed by atoms with Gasteiger partial charge in [-0.15, -0.1) is 0 Å². The number of rotatable bonds is 7. The van der Waals surface area contributed by atoms with Gasteiger partial charge in [-0.25, -0.2) is 9.78 Å².